The molecule has 2 aliphatic rings. The molecule has 0 radical (unpaired) electrons. The highest BCUT2D eigenvalue weighted by atomic mass is 19.1. The van der Waals surface area contributed by atoms with Crippen LogP contribution < -0.4 is 20.1 Å². The Bertz CT molecular complexity index is 822. The molecular weight excluding hydrogens is 369 g/mol. The second kappa shape index (κ2) is 9.01. The normalized spacial score (nSPS) is 19.1. The minimum absolute atomic E-state index is 0.0286. The Kier molecular flexibility index (Phi) is 6.21. The van der Waals surface area contributed by atoms with E-state index in [1.54, 1.807) is 6.07 Å². The molecule has 1 fully saturated rings. The predicted octanol–water partition coefficient (Wildman–Crippen LogP) is 3.24. The van der Waals surface area contributed by atoms with Crippen LogP contribution >= 0.6 is 0 Å². The van der Waals surface area contributed by atoms with Crippen LogP contribution in [0.1, 0.15) is 24.8 Å². The van der Waals surface area contributed by atoms with Crippen LogP contribution in [0.2, 0.25) is 0 Å². The van der Waals surface area contributed by atoms with Crippen LogP contribution in [-0.2, 0) is 0 Å². The van der Waals surface area contributed by atoms with Crippen LogP contribution in [-0.4, -0.2) is 56.9 Å². The van der Waals surface area contributed by atoms with Gasteiger partial charge in [-0.25, -0.2) is 4.39 Å². The van der Waals surface area contributed by atoms with Crippen molar-refractivity contribution in [1.29, 1.82) is 0 Å². The van der Waals surface area contributed by atoms with Crippen molar-refractivity contribution in [2.24, 2.45) is 5.73 Å². The third-order valence-electron chi connectivity index (χ3n) is 5.95. The summed E-state index contributed by atoms with van der Waals surface area (Å²) in [6.45, 7) is 7.88. The largest absolute Gasteiger partial charge is 0.486 e. The standard InChI is InChI=1S/C23H30FN3O2/c1-17(25)18(19-5-2-3-6-20(19)24)9-10-26-11-13-27(14-12-26)21-7-4-8-22-23(21)29-16-15-28-22/h2-8,17-18H,9-16,25H2,1H3. The number of hydrogen-bond donors (Lipinski definition) is 1. The number of ether oxygens (including phenoxy) is 2. The van der Waals surface area contributed by atoms with Crippen molar-refractivity contribution in [1.82, 2.24) is 4.90 Å². The van der Waals surface area contributed by atoms with E-state index in [0.29, 0.717) is 13.2 Å². The Hall–Kier alpha value is -2.31. The summed E-state index contributed by atoms with van der Waals surface area (Å²) >= 11 is 0. The Morgan fingerprint density at radius 1 is 1.00 bits per heavy atom. The van der Waals surface area contributed by atoms with Gasteiger partial charge < -0.3 is 20.1 Å². The predicted molar refractivity (Wildman–Crippen MR) is 113 cm³/mol. The fourth-order valence-corrected chi connectivity index (χ4v) is 4.32. The molecule has 0 spiro atoms. The first kappa shape index (κ1) is 20.0. The lowest BCUT2D eigenvalue weighted by atomic mass is 9.89. The van der Waals surface area contributed by atoms with Crippen molar-refractivity contribution >= 4 is 5.69 Å². The molecule has 2 N–H and O–H groups in total. The quantitative estimate of drug-likeness (QED) is 0.808. The molecule has 1 saturated heterocycles. The zero-order valence-electron chi connectivity index (χ0n) is 17.0. The fourth-order valence-electron chi connectivity index (χ4n) is 4.32. The average Bonchev–Trinajstić information content (AvgIpc) is 2.75. The molecule has 5 nitrogen and oxygen atoms in total. The van der Waals surface area contributed by atoms with Crippen LogP contribution in [0.4, 0.5) is 10.1 Å². The lowest BCUT2D eigenvalue weighted by Crippen LogP contribution is -2.47. The Morgan fingerprint density at radius 2 is 1.76 bits per heavy atom. The maximum Gasteiger partial charge on any atom is 0.184 e. The topological polar surface area (TPSA) is 51.0 Å². The molecule has 0 bridgehead atoms. The van der Waals surface area contributed by atoms with Crippen LogP contribution in [0.25, 0.3) is 0 Å². The SMILES string of the molecule is CC(N)C(CCN1CCN(c2cccc3c2OCCO3)CC1)c1ccccc1F. The molecule has 4 rings (SSSR count). The molecule has 0 aromatic heterocycles. The first-order valence-corrected chi connectivity index (χ1v) is 10.5. The van der Waals surface area contributed by atoms with Gasteiger partial charge in [0.25, 0.3) is 0 Å². The summed E-state index contributed by atoms with van der Waals surface area (Å²) in [7, 11) is 0. The van der Waals surface area contributed by atoms with Crippen molar-refractivity contribution in [3.8, 4) is 11.5 Å². The summed E-state index contributed by atoms with van der Waals surface area (Å²) in [5, 5.41) is 0. The van der Waals surface area contributed by atoms with Crippen molar-refractivity contribution < 1.29 is 13.9 Å². The van der Waals surface area contributed by atoms with E-state index in [0.717, 1.165) is 61.9 Å². The summed E-state index contributed by atoms with van der Waals surface area (Å²) < 4.78 is 25.8. The number of anilines is 1. The molecule has 2 aromatic carbocycles. The second-order valence-corrected chi connectivity index (χ2v) is 7.91. The highest BCUT2D eigenvalue weighted by molar-refractivity contribution is 5.65. The maximum absolute atomic E-state index is 14.2. The van der Waals surface area contributed by atoms with Gasteiger partial charge in [-0.2, -0.15) is 0 Å². The van der Waals surface area contributed by atoms with E-state index in [9.17, 15) is 4.39 Å². The highest BCUT2D eigenvalue weighted by Crippen LogP contribution is 2.39. The van der Waals surface area contributed by atoms with E-state index in [1.165, 1.54) is 6.07 Å². The molecule has 0 amide bonds. The van der Waals surface area contributed by atoms with Gasteiger partial charge in [-0.05, 0) is 43.7 Å². The first-order valence-electron chi connectivity index (χ1n) is 10.5. The Balaban J connectivity index is 1.35. The average molecular weight is 400 g/mol. The minimum Gasteiger partial charge on any atom is -0.486 e. The van der Waals surface area contributed by atoms with E-state index in [1.807, 2.05) is 31.2 Å². The molecular formula is C23H30FN3O2. The van der Waals surface area contributed by atoms with E-state index in [4.69, 9.17) is 15.2 Å². The van der Waals surface area contributed by atoms with Crippen molar-refractivity contribution in [2.45, 2.75) is 25.3 Å². The Morgan fingerprint density at radius 3 is 2.52 bits per heavy atom. The molecule has 29 heavy (non-hydrogen) atoms. The molecule has 2 aromatic rings. The van der Waals surface area contributed by atoms with Gasteiger partial charge >= 0.3 is 0 Å². The summed E-state index contributed by atoms with van der Waals surface area (Å²) in [6.07, 6.45) is 0.857. The van der Waals surface area contributed by atoms with Crippen LogP contribution in [0, 0.1) is 5.82 Å². The van der Waals surface area contributed by atoms with Crippen molar-refractivity contribution in [3.05, 3.63) is 53.8 Å². The minimum atomic E-state index is -0.157. The highest BCUT2D eigenvalue weighted by Gasteiger charge is 2.25. The van der Waals surface area contributed by atoms with Gasteiger partial charge in [-0.1, -0.05) is 24.3 Å². The monoisotopic (exact) mass is 399 g/mol. The number of halogens is 1. The molecule has 2 heterocycles. The number of nitrogens with two attached hydrogens (primary N) is 1. The number of rotatable bonds is 6. The number of para-hydroxylation sites is 1. The zero-order valence-corrected chi connectivity index (χ0v) is 17.0. The van der Waals surface area contributed by atoms with Gasteiger partial charge in [0.2, 0.25) is 0 Å². The molecule has 2 unspecified atom stereocenters. The molecule has 2 aliphatic heterocycles. The van der Waals surface area contributed by atoms with E-state index >= 15 is 0 Å². The number of hydrogen-bond acceptors (Lipinski definition) is 5. The number of fused-ring (bicyclic) bond motifs is 1. The third-order valence-corrected chi connectivity index (χ3v) is 5.95. The van der Waals surface area contributed by atoms with E-state index < -0.39 is 0 Å². The van der Waals surface area contributed by atoms with Crippen LogP contribution in [0.5, 0.6) is 11.5 Å². The fraction of sp³-hybridized carbons (Fsp3) is 0.478. The summed E-state index contributed by atoms with van der Waals surface area (Å²) in [6, 6.07) is 13.0. The number of piperazine rings is 1. The number of nitrogens with zero attached hydrogens (tertiary/aromatic N) is 2. The van der Waals surface area contributed by atoms with Crippen molar-refractivity contribution in [3.63, 3.8) is 0 Å². The third kappa shape index (κ3) is 4.49. The smallest absolute Gasteiger partial charge is 0.184 e. The molecule has 156 valence electrons. The molecule has 0 aliphatic carbocycles. The van der Waals surface area contributed by atoms with Gasteiger partial charge in [0.1, 0.15) is 19.0 Å². The van der Waals surface area contributed by atoms with E-state index in [2.05, 4.69) is 15.9 Å². The number of benzene rings is 2. The second-order valence-electron chi connectivity index (χ2n) is 7.91. The van der Waals surface area contributed by atoms with Gasteiger partial charge in [0.15, 0.2) is 11.5 Å². The molecule has 2 atom stereocenters. The van der Waals surface area contributed by atoms with Crippen LogP contribution in [0.15, 0.2) is 42.5 Å². The maximum atomic E-state index is 14.2. The van der Waals surface area contributed by atoms with Crippen LogP contribution in [0.3, 0.4) is 0 Å². The Labute approximate surface area is 172 Å². The first-order chi connectivity index (χ1) is 14.1. The lowest BCUT2D eigenvalue weighted by Gasteiger charge is -2.38. The van der Waals surface area contributed by atoms with Gasteiger partial charge in [-0.3, -0.25) is 4.90 Å². The van der Waals surface area contributed by atoms with Gasteiger partial charge in [-0.15, -0.1) is 0 Å². The van der Waals surface area contributed by atoms with E-state index in [-0.39, 0.29) is 17.8 Å². The van der Waals surface area contributed by atoms with Crippen molar-refractivity contribution in [2.75, 3.05) is 50.8 Å². The summed E-state index contributed by atoms with van der Waals surface area (Å²) in [4.78, 5) is 4.81. The zero-order chi connectivity index (χ0) is 20.2. The molecule has 0 saturated carbocycles. The lowest BCUT2D eigenvalue weighted by molar-refractivity contribution is 0.171. The summed E-state index contributed by atoms with van der Waals surface area (Å²) in [5.41, 5.74) is 8.04. The van der Waals surface area contributed by atoms with Gasteiger partial charge in [0.05, 0.1) is 5.69 Å². The van der Waals surface area contributed by atoms with Gasteiger partial charge in [0, 0.05) is 38.1 Å². The summed E-state index contributed by atoms with van der Waals surface area (Å²) in [5.74, 6) is 1.57. The molecule has 6 heteroatoms.